The van der Waals surface area contributed by atoms with Gasteiger partial charge in [-0.1, -0.05) is 15.9 Å². The molecule has 0 atom stereocenters. The van der Waals surface area contributed by atoms with Crippen LogP contribution < -0.4 is 4.90 Å². The van der Waals surface area contributed by atoms with Crippen molar-refractivity contribution in [2.45, 2.75) is 20.8 Å². The molecular formula is C15H17BrN2O3. The van der Waals surface area contributed by atoms with Gasteiger partial charge >= 0.3 is 0 Å². The summed E-state index contributed by atoms with van der Waals surface area (Å²) in [7, 11) is 0. The number of carbonyl (C=O) groups is 3. The third-order valence-corrected chi connectivity index (χ3v) is 4.09. The van der Waals surface area contributed by atoms with Gasteiger partial charge in [0.05, 0.1) is 11.3 Å². The van der Waals surface area contributed by atoms with Crippen LogP contribution in [0.1, 0.15) is 29.8 Å². The fraction of sp³-hybridized carbons (Fsp3) is 0.400. The van der Waals surface area contributed by atoms with Crippen LogP contribution in [0.2, 0.25) is 0 Å². The van der Waals surface area contributed by atoms with Crippen LogP contribution in [0.25, 0.3) is 0 Å². The fourth-order valence-corrected chi connectivity index (χ4v) is 3.14. The third kappa shape index (κ3) is 2.72. The average Bonchev–Trinajstić information content (AvgIpc) is 2.65. The minimum atomic E-state index is -0.633. The molecule has 0 spiro atoms. The van der Waals surface area contributed by atoms with Crippen molar-refractivity contribution in [3.8, 4) is 0 Å². The van der Waals surface area contributed by atoms with E-state index in [-0.39, 0.29) is 12.5 Å². The smallest absolute Gasteiger partial charge is 0.299 e. The van der Waals surface area contributed by atoms with E-state index in [9.17, 15) is 14.4 Å². The topological polar surface area (TPSA) is 57.7 Å². The Morgan fingerprint density at radius 3 is 2.43 bits per heavy atom. The Morgan fingerprint density at radius 2 is 1.86 bits per heavy atom. The summed E-state index contributed by atoms with van der Waals surface area (Å²) < 4.78 is 0.747. The molecular weight excluding hydrogens is 336 g/mol. The molecule has 0 saturated heterocycles. The molecule has 0 radical (unpaired) electrons. The lowest BCUT2D eigenvalue weighted by Gasteiger charge is -2.23. The van der Waals surface area contributed by atoms with Crippen LogP contribution in [-0.2, 0) is 9.59 Å². The first-order chi connectivity index (χ1) is 9.90. The van der Waals surface area contributed by atoms with E-state index in [0.717, 1.165) is 10.0 Å². The number of Topliss-reactive ketones (excluding diaryl/α,β-unsaturated/α-hetero) is 1. The predicted octanol–water partition coefficient (Wildman–Crippen LogP) is 2.16. The minimum absolute atomic E-state index is 0.0955. The van der Waals surface area contributed by atoms with Crippen LogP contribution in [0.15, 0.2) is 16.6 Å². The van der Waals surface area contributed by atoms with Gasteiger partial charge in [0.1, 0.15) is 6.54 Å². The van der Waals surface area contributed by atoms with E-state index in [1.54, 1.807) is 11.0 Å². The molecule has 2 amide bonds. The SMILES string of the molecule is CCN(CC)C(=O)CN1C(=O)C(=O)c2cc(Br)cc(C)c21. The molecule has 2 rings (SSSR count). The molecule has 0 saturated carbocycles. The molecule has 112 valence electrons. The van der Waals surface area contributed by atoms with Gasteiger partial charge < -0.3 is 4.90 Å². The third-order valence-electron chi connectivity index (χ3n) is 3.63. The number of carbonyl (C=O) groups excluding carboxylic acids is 3. The highest BCUT2D eigenvalue weighted by molar-refractivity contribution is 9.10. The number of halogens is 1. The summed E-state index contributed by atoms with van der Waals surface area (Å²) in [6, 6.07) is 3.46. The van der Waals surface area contributed by atoms with Gasteiger partial charge in [0.2, 0.25) is 5.91 Å². The van der Waals surface area contributed by atoms with Crippen LogP contribution in [0.3, 0.4) is 0 Å². The maximum absolute atomic E-state index is 12.2. The Kier molecular flexibility index (Phi) is 4.46. The van der Waals surface area contributed by atoms with Gasteiger partial charge in [-0.25, -0.2) is 0 Å². The molecule has 0 aromatic heterocycles. The number of hydrogen-bond donors (Lipinski definition) is 0. The monoisotopic (exact) mass is 352 g/mol. The molecule has 0 aliphatic carbocycles. The van der Waals surface area contributed by atoms with Crippen LogP contribution in [0, 0.1) is 6.92 Å². The second kappa shape index (κ2) is 5.97. The summed E-state index contributed by atoms with van der Waals surface area (Å²) in [4.78, 5) is 39.4. The molecule has 6 heteroatoms. The van der Waals surface area contributed by atoms with E-state index < -0.39 is 11.7 Å². The summed E-state index contributed by atoms with van der Waals surface area (Å²) in [5.74, 6) is -1.34. The number of amides is 2. The average molecular weight is 353 g/mol. The fourth-order valence-electron chi connectivity index (χ4n) is 2.57. The molecule has 1 aliphatic rings. The standard InChI is InChI=1S/C15H17BrN2O3/c1-4-17(5-2)12(19)8-18-13-9(3)6-10(16)7-11(13)14(20)15(18)21/h6-7H,4-5,8H2,1-3H3. The zero-order valence-electron chi connectivity index (χ0n) is 12.3. The van der Waals surface area contributed by atoms with E-state index in [1.807, 2.05) is 26.8 Å². The Balaban J connectivity index is 2.38. The zero-order chi connectivity index (χ0) is 15.7. The summed E-state index contributed by atoms with van der Waals surface area (Å²) in [6.45, 7) is 6.66. The van der Waals surface area contributed by atoms with E-state index in [1.165, 1.54) is 4.90 Å². The summed E-state index contributed by atoms with van der Waals surface area (Å²) >= 11 is 3.32. The van der Waals surface area contributed by atoms with Gasteiger partial charge in [-0.2, -0.15) is 0 Å². The first-order valence-corrected chi connectivity index (χ1v) is 7.64. The van der Waals surface area contributed by atoms with Crippen molar-refractivity contribution in [3.63, 3.8) is 0 Å². The lowest BCUT2D eigenvalue weighted by Crippen LogP contribution is -2.42. The van der Waals surface area contributed by atoms with E-state index >= 15 is 0 Å². The molecule has 1 heterocycles. The molecule has 21 heavy (non-hydrogen) atoms. The molecule has 0 bridgehead atoms. The van der Waals surface area contributed by atoms with Crippen molar-refractivity contribution < 1.29 is 14.4 Å². The maximum atomic E-state index is 12.2. The number of nitrogens with zero attached hydrogens (tertiary/aromatic N) is 2. The second-order valence-electron chi connectivity index (χ2n) is 4.91. The zero-order valence-corrected chi connectivity index (χ0v) is 13.9. The van der Waals surface area contributed by atoms with Crippen LogP contribution >= 0.6 is 15.9 Å². The van der Waals surface area contributed by atoms with E-state index in [2.05, 4.69) is 15.9 Å². The lowest BCUT2D eigenvalue weighted by molar-refractivity contribution is -0.130. The molecule has 0 N–H and O–H groups in total. The highest BCUT2D eigenvalue weighted by atomic mass is 79.9. The normalized spacial score (nSPS) is 13.6. The van der Waals surface area contributed by atoms with Gasteiger partial charge in [0.25, 0.3) is 11.7 Å². The highest BCUT2D eigenvalue weighted by Crippen LogP contribution is 2.34. The van der Waals surface area contributed by atoms with Crippen molar-refractivity contribution in [2.24, 2.45) is 0 Å². The first-order valence-electron chi connectivity index (χ1n) is 6.84. The highest BCUT2D eigenvalue weighted by Gasteiger charge is 2.38. The van der Waals surface area contributed by atoms with Gasteiger partial charge in [-0.3, -0.25) is 19.3 Å². The second-order valence-corrected chi connectivity index (χ2v) is 5.82. The summed E-state index contributed by atoms with van der Waals surface area (Å²) in [6.07, 6.45) is 0. The number of benzene rings is 1. The Hall–Kier alpha value is -1.69. The first kappa shape index (κ1) is 15.7. The minimum Gasteiger partial charge on any atom is -0.342 e. The molecule has 5 nitrogen and oxygen atoms in total. The Bertz CT molecular complexity index is 624. The van der Waals surface area contributed by atoms with Crippen LogP contribution in [0.5, 0.6) is 0 Å². The Morgan fingerprint density at radius 1 is 1.24 bits per heavy atom. The Labute approximate surface area is 132 Å². The van der Waals surface area contributed by atoms with Gasteiger partial charge in [0.15, 0.2) is 0 Å². The molecule has 0 unspecified atom stereocenters. The number of ketones is 1. The largest absolute Gasteiger partial charge is 0.342 e. The molecule has 1 aromatic rings. The van der Waals surface area contributed by atoms with Crippen molar-refractivity contribution >= 4 is 39.2 Å². The molecule has 1 aromatic carbocycles. The van der Waals surface area contributed by atoms with Crippen molar-refractivity contribution in [2.75, 3.05) is 24.5 Å². The number of likely N-dealkylation sites (N-methyl/N-ethyl adjacent to an activating group) is 1. The van der Waals surface area contributed by atoms with Crippen molar-refractivity contribution in [3.05, 3.63) is 27.7 Å². The molecule has 0 fully saturated rings. The summed E-state index contributed by atoms with van der Waals surface area (Å²) in [5.41, 5.74) is 1.71. The van der Waals surface area contributed by atoms with Gasteiger partial charge in [-0.15, -0.1) is 0 Å². The van der Waals surface area contributed by atoms with Gasteiger partial charge in [-0.05, 0) is 38.5 Å². The lowest BCUT2D eigenvalue weighted by atomic mass is 10.1. The van der Waals surface area contributed by atoms with Crippen molar-refractivity contribution in [1.29, 1.82) is 0 Å². The van der Waals surface area contributed by atoms with Crippen LogP contribution in [0.4, 0.5) is 5.69 Å². The van der Waals surface area contributed by atoms with Gasteiger partial charge in [0, 0.05) is 17.6 Å². The number of hydrogen-bond acceptors (Lipinski definition) is 3. The quantitative estimate of drug-likeness (QED) is 0.780. The number of aryl methyl sites for hydroxylation is 1. The van der Waals surface area contributed by atoms with Crippen molar-refractivity contribution in [1.82, 2.24) is 4.90 Å². The number of fused-ring (bicyclic) bond motifs is 1. The predicted molar refractivity (Wildman–Crippen MR) is 83.5 cm³/mol. The molecule has 1 aliphatic heterocycles. The van der Waals surface area contributed by atoms with E-state index in [0.29, 0.717) is 24.3 Å². The number of anilines is 1. The van der Waals surface area contributed by atoms with E-state index in [4.69, 9.17) is 0 Å². The number of rotatable bonds is 4. The van der Waals surface area contributed by atoms with Crippen LogP contribution in [-0.4, -0.2) is 42.1 Å². The maximum Gasteiger partial charge on any atom is 0.299 e. The summed E-state index contributed by atoms with van der Waals surface area (Å²) in [5, 5.41) is 0.